The smallest absolute Gasteiger partial charge is 0.342 e. The van der Waals surface area contributed by atoms with Crippen molar-refractivity contribution in [1.82, 2.24) is 4.98 Å². The van der Waals surface area contributed by atoms with Gasteiger partial charge in [0.05, 0.1) is 18.7 Å². The van der Waals surface area contributed by atoms with Crippen LogP contribution in [0.5, 0.6) is 5.75 Å². The second-order valence-electron chi connectivity index (χ2n) is 4.39. The zero-order valence-electron chi connectivity index (χ0n) is 11.0. The number of methoxy groups -OCH3 is 1. The Morgan fingerprint density at radius 3 is 2.68 bits per heavy atom. The number of H-pyrrole nitrogens is 1. The zero-order chi connectivity index (χ0) is 14.0. The van der Waals surface area contributed by atoms with Gasteiger partial charge in [0.15, 0.2) is 5.43 Å². The van der Waals surface area contributed by atoms with Crippen LogP contribution in [-0.2, 0) is 4.74 Å². The van der Waals surface area contributed by atoms with E-state index < -0.39 is 5.97 Å². The van der Waals surface area contributed by atoms with Gasteiger partial charge in [0.1, 0.15) is 11.3 Å². The summed E-state index contributed by atoms with van der Waals surface area (Å²) in [4.78, 5) is 26.7. The molecule has 0 unspecified atom stereocenters. The maximum atomic E-state index is 12.0. The van der Waals surface area contributed by atoms with E-state index in [2.05, 4.69) is 4.98 Å². The molecule has 1 N–H and O–H groups in total. The summed E-state index contributed by atoms with van der Waals surface area (Å²) in [5.74, 6) is -0.128. The number of nitrogens with one attached hydrogen (secondary N) is 1. The van der Waals surface area contributed by atoms with Crippen LogP contribution in [0.2, 0.25) is 0 Å². The first-order valence-corrected chi connectivity index (χ1v) is 5.93. The third kappa shape index (κ3) is 2.59. The largest absolute Gasteiger partial charge is 0.496 e. The summed E-state index contributed by atoms with van der Waals surface area (Å²) in [7, 11) is 1.47. The Labute approximate surface area is 110 Å². The van der Waals surface area contributed by atoms with E-state index in [0.29, 0.717) is 16.7 Å². The summed E-state index contributed by atoms with van der Waals surface area (Å²) in [6, 6.07) is 4.53. The highest BCUT2D eigenvalue weighted by Crippen LogP contribution is 2.24. The quantitative estimate of drug-likeness (QED) is 0.859. The molecule has 0 aliphatic heterocycles. The van der Waals surface area contributed by atoms with Crippen molar-refractivity contribution in [1.29, 1.82) is 0 Å². The van der Waals surface area contributed by atoms with Gasteiger partial charge in [-0.3, -0.25) is 4.79 Å². The molecule has 2 aromatic rings. The van der Waals surface area contributed by atoms with Crippen molar-refractivity contribution < 1.29 is 14.3 Å². The fourth-order valence-electron chi connectivity index (χ4n) is 1.81. The Kier molecular flexibility index (Phi) is 3.55. The first-order valence-electron chi connectivity index (χ1n) is 5.93. The Morgan fingerprint density at radius 2 is 2.05 bits per heavy atom. The van der Waals surface area contributed by atoms with Gasteiger partial charge in [-0.15, -0.1) is 0 Å². The Morgan fingerprint density at radius 1 is 1.32 bits per heavy atom. The number of carbonyl (C=O) groups excluding carboxylic acids is 1. The second-order valence-corrected chi connectivity index (χ2v) is 4.39. The number of aromatic amines is 1. The molecule has 19 heavy (non-hydrogen) atoms. The third-order valence-electron chi connectivity index (χ3n) is 2.64. The van der Waals surface area contributed by atoms with Crippen molar-refractivity contribution >= 4 is 16.9 Å². The van der Waals surface area contributed by atoms with Crippen LogP contribution in [-0.4, -0.2) is 24.2 Å². The summed E-state index contributed by atoms with van der Waals surface area (Å²) in [5.41, 5.74) is 0.709. The minimum absolute atomic E-state index is 0.157. The lowest BCUT2D eigenvalue weighted by Crippen LogP contribution is -2.13. The standard InChI is InChI=1S/C14H15NO4/c1-8(2)19-14(17)10-6-9-11(7-13(10)18-3)15-5-4-12(9)16/h4-8H,1-3H3,(H,15,16). The average molecular weight is 261 g/mol. The van der Waals surface area contributed by atoms with Crippen LogP contribution in [0, 0.1) is 0 Å². The molecular formula is C14H15NO4. The lowest BCUT2D eigenvalue weighted by Gasteiger charge is -2.12. The molecule has 5 heteroatoms. The molecule has 0 amide bonds. The summed E-state index contributed by atoms with van der Waals surface area (Å²) in [6.45, 7) is 3.52. The monoisotopic (exact) mass is 261 g/mol. The van der Waals surface area contributed by atoms with Crippen molar-refractivity contribution in [2.75, 3.05) is 7.11 Å². The first kappa shape index (κ1) is 13.1. The topological polar surface area (TPSA) is 68.4 Å². The maximum Gasteiger partial charge on any atom is 0.342 e. The van der Waals surface area contributed by atoms with Gasteiger partial charge in [0.25, 0.3) is 0 Å². The highest BCUT2D eigenvalue weighted by atomic mass is 16.5. The molecule has 0 saturated carbocycles. The summed E-state index contributed by atoms with van der Waals surface area (Å²) < 4.78 is 10.3. The number of rotatable bonds is 3. The molecule has 100 valence electrons. The number of hydrogen-bond acceptors (Lipinski definition) is 4. The number of hydrogen-bond donors (Lipinski definition) is 1. The van der Waals surface area contributed by atoms with Gasteiger partial charge in [-0.05, 0) is 19.9 Å². The summed E-state index contributed by atoms with van der Waals surface area (Å²) >= 11 is 0. The summed E-state index contributed by atoms with van der Waals surface area (Å²) in [6.07, 6.45) is 1.32. The number of ether oxygens (including phenoxy) is 2. The fraction of sp³-hybridized carbons (Fsp3) is 0.286. The van der Waals surface area contributed by atoms with Crippen LogP contribution in [0.1, 0.15) is 24.2 Å². The molecule has 1 heterocycles. The first-order chi connectivity index (χ1) is 9.02. The molecule has 0 atom stereocenters. The molecule has 0 radical (unpaired) electrons. The van der Waals surface area contributed by atoms with E-state index in [1.54, 1.807) is 26.1 Å². The number of pyridine rings is 1. The molecule has 0 fully saturated rings. The van der Waals surface area contributed by atoms with E-state index in [0.717, 1.165) is 0 Å². The highest BCUT2D eigenvalue weighted by Gasteiger charge is 2.17. The third-order valence-corrected chi connectivity index (χ3v) is 2.64. The van der Waals surface area contributed by atoms with Crippen LogP contribution in [0.15, 0.2) is 29.2 Å². The van der Waals surface area contributed by atoms with Crippen molar-refractivity contribution in [3.05, 3.63) is 40.2 Å². The molecule has 1 aromatic carbocycles. The van der Waals surface area contributed by atoms with Gasteiger partial charge in [-0.1, -0.05) is 0 Å². The van der Waals surface area contributed by atoms with Crippen molar-refractivity contribution in [2.45, 2.75) is 20.0 Å². The number of carbonyl (C=O) groups is 1. The Bertz CT molecular complexity index is 673. The Hall–Kier alpha value is -2.30. The number of esters is 1. The number of benzene rings is 1. The number of fused-ring (bicyclic) bond motifs is 1. The molecule has 5 nitrogen and oxygen atoms in total. The summed E-state index contributed by atoms with van der Waals surface area (Å²) in [5, 5.41) is 0.430. The van der Waals surface area contributed by atoms with Crippen LogP contribution in [0.25, 0.3) is 10.9 Å². The van der Waals surface area contributed by atoms with E-state index in [4.69, 9.17) is 9.47 Å². The molecule has 0 aliphatic carbocycles. The maximum absolute atomic E-state index is 12.0. The van der Waals surface area contributed by atoms with Crippen molar-refractivity contribution in [2.24, 2.45) is 0 Å². The lowest BCUT2D eigenvalue weighted by molar-refractivity contribution is 0.0374. The Balaban J connectivity index is 2.62. The molecule has 0 spiro atoms. The van der Waals surface area contributed by atoms with E-state index >= 15 is 0 Å². The van der Waals surface area contributed by atoms with Gasteiger partial charge < -0.3 is 14.5 Å². The van der Waals surface area contributed by atoms with Gasteiger partial charge in [0, 0.05) is 23.7 Å². The predicted molar refractivity (Wildman–Crippen MR) is 71.7 cm³/mol. The normalized spacial score (nSPS) is 10.7. The fourth-order valence-corrected chi connectivity index (χ4v) is 1.81. The van der Waals surface area contributed by atoms with Crippen molar-refractivity contribution in [3.63, 3.8) is 0 Å². The minimum Gasteiger partial charge on any atom is -0.496 e. The van der Waals surface area contributed by atoms with E-state index in [1.165, 1.54) is 19.2 Å². The van der Waals surface area contributed by atoms with Gasteiger partial charge in [0.2, 0.25) is 0 Å². The second kappa shape index (κ2) is 5.14. The molecule has 2 rings (SSSR count). The van der Waals surface area contributed by atoms with E-state index in [-0.39, 0.29) is 17.1 Å². The lowest BCUT2D eigenvalue weighted by atomic mass is 10.1. The van der Waals surface area contributed by atoms with Gasteiger partial charge >= 0.3 is 5.97 Å². The number of aromatic nitrogens is 1. The molecule has 0 aliphatic rings. The van der Waals surface area contributed by atoms with Crippen LogP contribution >= 0.6 is 0 Å². The molecule has 0 bridgehead atoms. The van der Waals surface area contributed by atoms with Gasteiger partial charge in [-0.25, -0.2) is 4.79 Å². The van der Waals surface area contributed by atoms with Crippen LogP contribution in [0.4, 0.5) is 0 Å². The SMILES string of the molecule is COc1cc2[nH]ccc(=O)c2cc1C(=O)OC(C)C. The highest BCUT2D eigenvalue weighted by molar-refractivity contribution is 5.97. The van der Waals surface area contributed by atoms with E-state index in [9.17, 15) is 9.59 Å². The van der Waals surface area contributed by atoms with Crippen molar-refractivity contribution in [3.8, 4) is 5.75 Å². The van der Waals surface area contributed by atoms with E-state index in [1.807, 2.05) is 0 Å². The average Bonchev–Trinajstić information content (AvgIpc) is 2.37. The molecular weight excluding hydrogens is 246 g/mol. The zero-order valence-corrected chi connectivity index (χ0v) is 11.0. The molecule has 1 aromatic heterocycles. The van der Waals surface area contributed by atoms with Crippen LogP contribution < -0.4 is 10.2 Å². The minimum atomic E-state index is -0.503. The predicted octanol–water partition coefficient (Wildman–Crippen LogP) is 2.10. The molecule has 0 saturated heterocycles. The van der Waals surface area contributed by atoms with Crippen LogP contribution in [0.3, 0.4) is 0 Å². The van der Waals surface area contributed by atoms with Gasteiger partial charge in [-0.2, -0.15) is 0 Å².